The average Bonchev–Trinajstić information content (AvgIpc) is 3.15. The van der Waals surface area contributed by atoms with E-state index in [0.717, 1.165) is 12.1 Å². The summed E-state index contributed by atoms with van der Waals surface area (Å²) in [6.07, 6.45) is -3.11. The number of hydrogen-bond acceptors (Lipinski definition) is 7. The van der Waals surface area contributed by atoms with Crippen molar-refractivity contribution in [3.63, 3.8) is 0 Å². The number of nitrogens with one attached hydrogen (secondary N) is 1. The van der Waals surface area contributed by atoms with Gasteiger partial charge in [-0.2, -0.15) is 21.6 Å². The van der Waals surface area contributed by atoms with Gasteiger partial charge in [-0.1, -0.05) is 28.1 Å². The summed E-state index contributed by atoms with van der Waals surface area (Å²) in [6, 6.07) is 14.1. The first-order chi connectivity index (χ1) is 17.4. The molecule has 0 unspecified atom stereocenters. The predicted octanol–water partition coefficient (Wildman–Crippen LogP) is 6.14. The van der Waals surface area contributed by atoms with Gasteiger partial charge >= 0.3 is 16.3 Å². The molecule has 37 heavy (non-hydrogen) atoms. The molecule has 1 aliphatic heterocycles. The van der Waals surface area contributed by atoms with Gasteiger partial charge in [0.05, 0.1) is 10.5 Å². The highest BCUT2D eigenvalue weighted by Gasteiger charge is 2.30. The Bertz CT molecular complexity index is 1490. The molecule has 7 nitrogen and oxygen atoms in total. The fourth-order valence-electron chi connectivity index (χ4n) is 3.10. The Hall–Kier alpha value is -3.29. The van der Waals surface area contributed by atoms with Crippen LogP contribution in [-0.2, 0) is 27.7 Å². The van der Waals surface area contributed by atoms with Crippen LogP contribution in [0.2, 0.25) is 0 Å². The SMILES string of the molecule is O=C1NC(=O)/C(=C/c2ccc(OS(=O)(=O)c3ccc(Br)cc3)cc2OCc2ccc(C(F)(F)F)cc2)S1. The summed E-state index contributed by atoms with van der Waals surface area (Å²) in [5, 5.41) is 1.57. The molecule has 0 radical (unpaired) electrons. The fraction of sp³-hybridized carbons (Fsp3) is 0.0833. The van der Waals surface area contributed by atoms with Crippen molar-refractivity contribution in [1.29, 1.82) is 0 Å². The van der Waals surface area contributed by atoms with Gasteiger partial charge in [0.15, 0.2) is 0 Å². The minimum Gasteiger partial charge on any atom is -0.488 e. The van der Waals surface area contributed by atoms with E-state index in [1.807, 2.05) is 0 Å². The van der Waals surface area contributed by atoms with Crippen molar-refractivity contribution in [2.45, 2.75) is 17.7 Å². The third-order valence-corrected chi connectivity index (χ3v) is 7.50. The highest BCUT2D eigenvalue weighted by molar-refractivity contribution is 9.10. The molecule has 0 aromatic heterocycles. The maximum atomic E-state index is 12.8. The van der Waals surface area contributed by atoms with Gasteiger partial charge in [0.1, 0.15) is 23.0 Å². The quantitative estimate of drug-likeness (QED) is 0.252. The number of hydrogen-bond donors (Lipinski definition) is 1. The lowest BCUT2D eigenvalue weighted by Crippen LogP contribution is -2.17. The second-order valence-corrected chi connectivity index (χ2v) is 11.0. The van der Waals surface area contributed by atoms with Gasteiger partial charge < -0.3 is 8.92 Å². The summed E-state index contributed by atoms with van der Waals surface area (Å²) in [4.78, 5) is 23.5. The van der Waals surface area contributed by atoms with E-state index in [4.69, 9.17) is 8.92 Å². The molecule has 3 aromatic carbocycles. The van der Waals surface area contributed by atoms with Crippen LogP contribution in [0.3, 0.4) is 0 Å². The Balaban J connectivity index is 1.63. The second-order valence-electron chi connectivity index (χ2n) is 7.53. The first-order valence-electron chi connectivity index (χ1n) is 10.3. The van der Waals surface area contributed by atoms with Crippen LogP contribution in [-0.4, -0.2) is 19.6 Å². The molecule has 3 aromatic rings. The summed E-state index contributed by atoms with van der Waals surface area (Å²) < 4.78 is 75.5. The van der Waals surface area contributed by atoms with Gasteiger partial charge in [-0.25, -0.2) is 0 Å². The number of halogens is 4. The van der Waals surface area contributed by atoms with E-state index in [0.29, 0.717) is 27.4 Å². The number of imide groups is 1. The minimum atomic E-state index is -4.48. The summed E-state index contributed by atoms with van der Waals surface area (Å²) in [6.45, 7) is -0.171. The number of amides is 2. The van der Waals surface area contributed by atoms with Crippen molar-refractivity contribution in [1.82, 2.24) is 5.32 Å². The van der Waals surface area contributed by atoms with Gasteiger partial charge in [-0.05, 0) is 71.9 Å². The topological polar surface area (TPSA) is 98.8 Å². The monoisotopic (exact) mass is 613 g/mol. The molecule has 192 valence electrons. The van der Waals surface area contributed by atoms with Gasteiger partial charge in [0, 0.05) is 16.1 Å². The molecular weight excluding hydrogens is 599 g/mol. The van der Waals surface area contributed by atoms with Gasteiger partial charge in [-0.3, -0.25) is 14.9 Å². The summed E-state index contributed by atoms with van der Waals surface area (Å²) in [7, 11) is -4.20. The third-order valence-electron chi connectivity index (χ3n) is 4.90. The first-order valence-corrected chi connectivity index (χ1v) is 13.3. The first kappa shape index (κ1) is 26.8. The maximum Gasteiger partial charge on any atom is 0.416 e. The lowest BCUT2D eigenvalue weighted by atomic mass is 10.1. The van der Waals surface area contributed by atoms with Crippen LogP contribution in [0.5, 0.6) is 11.5 Å². The Morgan fingerprint density at radius 1 is 0.973 bits per heavy atom. The van der Waals surface area contributed by atoms with Crippen molar-refractivity contribution in [3.05, 3.63) is 92.8 Å². The van der Waals surface area contributed by atoms with Crippen molar-refractivity contribution >= 4 is 55.0 Å². The van der Waals surface area contributed by atoms with Gasteiger partial charge in [0.25, 0.3) is 11.1 Å². The third kappa shape index (κ3) is 6.73. The molecule has 2 amide bonds. The second kappa shape index (κ2) is 10.6. The van der Waals surface area contributed by atoms with E-state index in [-0.39, 0.29) is 27.9 Å². The highest BCUT2D eigenvalue weighted by Crippen LogP contribution is 2.34. The molecule has 0 saturated carbocycles. The van der Waals surface area contributed by atoms with Crippen molar-refractivity contribution in [2.24, 2.45) is 0 Å². The average molecular weight is 614 g/mol. The molecule has 1 saturated heterocycles. The maximum absolute atomic E-state index is 12.8. The molecule has 1 aliphatic rings. The summed E-state index contributed by atoms with van der Waals surface area (Å²) >= 11 is 3.90. The van der Waals surface area contributed by atoms with Gasteiger partial charge in [0.2, 0.25) is 0 Å². The van der Waals surface area contributed by atoms with E-state index in [1.54, 1.807) is 0 Å². The van der Waals surface area contributed by atoms with Crippen LogP contribution in [0.4, 0.5) is 18.0 Å². The summed E-state index contributed by atoms with van der Waals surface area (Å²) in [5.74, 6) is -0.641. The molecule has 0 spiro atoms. The number of thioether (sulfide) groups is 1. The Morgan fingerprint density at radius 2 is 1.65 bits per heavy atom. The molecule has 13 heteroatoms. The lowest BCUT2D eigenvalue weighted by molar-refractivity contribution is -0.137. The molecular formula is C24H15BrF3NO6S2. The molecule has 0 atom stereocenters. The highest BCUT2D eigenvalue weighted by atomic mass is 79.9. The Morgan fingerprint density at radius 3 is 2.24 bits per heavy atom. The fourth-order valence-corrected chi connectivity index (χ4v) is 4.96. The van der Waals surface area contributed by atoms with E-state index >= 15 is 0 Å². The van der Waals surface area contributed by atoms with Crippen LogP contribution in [0.1, 0.15) is 16.7 Å². The van der Waals surface area contributed by atoms with Crippen LogP contribution >= 0.6 is 27.7 Å². The van der Waals surface area contributed by atoms with E-state index in [2.05, 4.69) is 21.2 Å². The molecule has 1 fully saturated rings. The normalized spacial score (nSPS) is 15.1. The zero-order valence-corrected chi connectivity index (χ0v) is 21.6. The zero-order chi connectivity index (χ0) is 26.8. The standard InChI is InChI=1S/C24H15BrF3NO6S2/c25-17-6-9-19(10-7-17)37(32,33)35-18-8-3-15(11-21-22(30)29-23(31)36-21)20(12-18)34-13-14-1-4-16(5-2-14)24(26,27)28/h1-12H,13H2,(H,29,30,31)/b21-11-. The van der Waals surface area contributed by atoms with E-state index < -0.39 is 33.0 Å². The molecule has 4 rings (SSSR count). The molecule has 1 heterocycles. The number of carbonyl (C=O) groups is 2. The minimum absolute atomic E-state index is 0.0728. The number of ether oxygens (including phenoxy) is 1. The molecule has 0 bridgehead atoms. The number of alkyl halides is 3. The number of rotatable bonds is 7. The number of carbonyl (C=O) groups excluding carboxylic acids is 2. The smallest absolute Gasteiger partial charge is 0.416 e. The van der Waals surface area contributed by atoms with Gasteiger partial charge in [-0.15, -0.1) is 0 Å². The Kier molecular flexibility index (Phi) is 7.67. The number of benzene rings is 3. The van der Waals surface area contributed by atoms with E-state index in [9.17, 15) is 31.2 Å². The van der Waals surface area contributed by atoms with Crippen LogP contribution in [0.15, 0.2) is 81.0 Å². The molecule has 0 aliphatic carbocycles. The zero-order valence-electron chi connectivity index (χ0n) is 18.4. The van der Waals surface area contributed by atoms with Crippen molar-refractivity contribution in [3.8, 4) is 11.5 Å². The predicted molar refractivity (Wildman–Crippen MR) is 133 cm³/mol. The van der Waals surface area contributed by atoms with Crippen molar-refractivity contribution < 1.29 is 40.1 Å². The lowest BCUT2D eigenvalue weighted by Gasteiger charge is -2.13. The van der Waals surface area contributed by atoms with Crippen molar-refractivity contribution in [2.75, 3.05) is 0 Å². The van der Waals surface area contributed by atoms with Crippen LogP contribution in [0.25, 0.3) is 6.08 Å². The Labute approximate surface area is 221 Å². The largest absolute Gasteiger partial charge is 0.488 e. The van der Waals surface area contributed by atoms with Crippen LogP contribution in [0, 0.1) is 0 Å². The van der Waals surface area contributed by atoms with E-state index in [1.165, 1.54) is 60.7 Å². The molecule has 1 N–H and O–H groups in total. The summed E-state index contributed by atoms with van der Waals surface area (Å²) in [5.41, 5.74) is -0.0969. The van der Waals surface area contributed by atoms with Crippen LogP contribution < -0.4 is 14.2 Å².